The fourth-order valence-electron chi connectivity index (χ4n) is 3.53. The number of amides is 1. The van der Waals surface area contributed by atoms with Gasteiger partial charge >= 0.3 is 0 Å². The van der Waals surface area contributed by atoms with E-state index in [2.05, 4.69) is 27.3 Å². The second-order valence-electron chi connectivity index (χ2n) is 6.99. The number of carbonyl (C=O) groups excluding carboxylic acids is 1. The molecule has 2 aliphatic rings. The summed E-state index contributed by atoms with van der Waals surface area (Å²) in [6.45, 7) is 1.03. The number of nitrogens with one attached hydrogen (secondary N) is 1. The van der Waals surface area contributed by atoms with Gasteiger partial charge in [0, 0.05) is 18.8 Å². The SMILES string of the molecule is CS(=O)(=O)c1ccc(OC[C@H]2CC[C@@H](C(=O)N3CCC[C@H]3C#N)N2)c(Br)c1. The molecule has 0 bridgehead atoms. The summed E-state index contributed by atoms with van der Waals surface area (Å²) in [7, 11) is -3.27. The summed E-state index contributed by atoms with van der Waals surface area (Å²) in [4.78, 5) is 14.5. The lowest BCUT2D eigenvalue weighted by Gasteiger charge is -2.24. The van der Waals surface area contributed by atoms with Crippen molar-refractivity contribution in [1.29, 1.82) is 5.26 Å². The van der Waals surface area contributed by atoms with Gasteiger partial charge in [0.1, 0.15) is 18.4 Å². The fourth-order valence-corrected chi connectivity index (χ4v) is 4.82. The number of rotatable bonds is 5. The summed E-state index contributed by atoms with van der Waals surface area (Å²) >= 11 is 3.34. The lowest BCUT2D eigenvalue weighted by Crippen LogP contribution is -2.47. The molecule has 0 unspecified atom stereocenters. The Labute approximate surface area is 167 Å². The minimum Gasteiger partial charge on any atom is -0.491 e. The van der Waals surface area contributed by atoms with Crippen LogP contribution in [0.25, 0.3) is 0 Å². The number of nitrogens with zero attached hydrogens (tertiary/aromatic N) is 2. The summed E-state index contributed by atoms with van der Waals surface area (Å²) in [6, 6.07) is 6.31. The highest BCUT2D eigenvalue weighted by Gasteiger charge is 2.37. The van der Waals surface area contributed by atoms with Gasteiger partial charge in [0.2, 0.25) is 5.91 Å². The summed E-state index contributed by atoms with van der Waals surface area (Å²) < 4.78 is 29.6. The van der Waals surface area contributed by atoms with Crippen LogP contribution in [0.2, 0.25) is 0 Å². The lowest BCUT2D eigenvalue weighted by atomic mass is 10.1. The first-order valence-corrected chi connectivity index (χ1v) is 11.6. The summed E-state index contributed by atoms with van der Waals surface area (Å²) in [5.74, 6) is 0.559. The average molecular weight is 456 g/mol. The fraction of sp³-hybridized carbons (Fsp3) is 0.556. The molecular weight excluding hydrogens is 434 g/mol. The second kappa shape index (κ2) is 8.17. The van der Waals surface area contributed by atoms with Crippen molar-refractivity contribution < 1.29 is 17.9 Å². The predicted octanol–water partition coefficient (Wildman–Crippen LogP) is 1.87. The largest absolute Gasteiger partial charge is 0.491 e. The molecule has 146 valence electrons. The van der Waals surface area contributed by atoms with Crippen molar-refractivity contribution in [1.82, 2.24) is 10.2 Å². The number of halogens is 1. The highest BCUT2D eigenvalue weighted by atomic mass is 79.9. The van der Waals surface area contributed by atoms with Crippen LogP contribution in [0.5, 0.6) is 5.75 Å². The van der Waals surface area contributed by atoms with Gasteiger partial charge in [0.15, 0.2) is 9.84 Å². The molecule has 1 amide bonds. The Morgan fingerprint density at radius 3 is 2.85 bits per heavy atom. The normalized spacial score (nSPS) is 25.4. The number of likely N-dealkylation sites (tertiary alicyclic amines) is 1. The van der Waals surface area contributed by atoms with E-state index >= 15 is 0 Å². The molecule has 2 aliphatic heterocycles. The quantitative estimate of drug-likeness (QED) is 0.727. The summed E-state index contributed by atoms with van der Waals surface area (Å²) in [5, 5.41) is 12.5. The Kier molecular flexibility index (Phi) is 6.08. The van der Waals surface area contributed by atoms with Crippen molar-refractivity contribution in [2.75, 3.05) is 19.4 Å². The zero-order valence-corrected chi connectivity index (χ0v) is 17.4. The van der Waals surface area contributed by atoms with Crippen LogP contribution in [0.4, 0.5) is 0 Å². The Morgan fingerprint density at radius 2 is 2.19 bits per heavy atom. The number of nitriles is 1. The van der Waals surface area contributed by atoms with E-state index in [1.807, 2.05) is 0 Å². The van der Waals surface area contributed by atoms with Gasteiger partial charge in [-0.1, -0.05) is 0 Å². The molecule has 1 aromatic carbocycles. The van der Waals surface area contributed by atoms with Crippen LogP contribution in [0, 0.1) is 11.3 Å². The van der Waals surface area contributed by atoms with Crippen LogP contribution in [0.15, 0.2) is 27.6 Å². The van der Waals surface area contributed by atoms with Gasteiger partial charge in [0.25, 0.3) is 0 Å². The van der Waals surface area contributed by atoms with Crippen LogP contribution >= 0.6 is 15.9 Å². The van der Waals surface area contributed by atoms with Crippen molar-refractivity contribution in [3.63, 3.8) is 0 Å². The van der Waals surface area contributed by atoms with E-state index in [4.69, 9.17) is 10.00 Å². The summed E-state index contributed by atoms with van der Waals surface area (Å²) in [6.07, 6.45) is 4.31. The van der Waals surface area contributed by atoms with E-state index in [0.717, 1.165) is 31.9 Å². The Hall–Kier alpha value is -1.63. The van der Waals surface area contributed by atoms with Gasteiger partial charge in [-0.25, -0.2) is 8.42 Å². The molecule has 2 heterocycles. The maximum atomic E-state index is 12.6. The van der Waals surface area contributed by atoms with Crippen molar-refractivity contribution in [2.24, 2.45) is 0 Å². The standard InChI is InChI=1S/C18H22BrN3O4S/c1-27(24,25)14-5-7-17(15(19)9-14)26-11-12-4-6-16(21-12)18(23)22-8-2-3-13(22)10-20/h5,7,9,12-13,16,21H,2-4,6,8,11H2,1H3/t12-,13+,16+/m1/s1. The third-order valence-electron chi connectivity index (χ3n) is 5.00. The first kappa shape index (κ1) is 20.1. The van der Waals surface area contributed by atoms with Gasteiger partial charge in [-0.15, -0.1) is 0 Å². The highest BCUT2D eigenvalue weighted by Crippen LogP contribution is 2.29. The molecule has 0 spiro atoms. The lowest BCUT2D eigenvalue weighted by molar-refractivity contribution is -0.133. The second-order valence-corrected chi connectivity index (χ2v) is 9.86. The van der Waals surface area contributed by atoms with E-state index in [9.17, 15) is 13.2 Å². The van der Waals surface area contributed by atoms with Crippen LogP contribution in [-0.4, -0.2) is 56.8 Å². The van der Waals surface area contributed by atoms with Crippen LogP contribution in [0.1, 0.15) is 25.7 Å². The highest BCUT2D eigenvalue weighted by molar-refractivity contribution is 9.10. The van der Waals surface area contributed by atoms with Crippen molar-refractivity contribution in [2.45, 2.75) is 48.7 Å². The Morgan fingerprint density at radius 1 is 1.41 bits per heavy atom. The van der Waals surface area contributed by atoms with Crippen molar-refractivity contribution >= 4 is 31.7 Å². The average Bonchev–Trinajstić information content (AvgIpc) is 3.28. The molecule has 9 heteroatoms. The molecule has 7 nitrogen and oxygen atoms in total. The maximum absolute atomic E-state index is 12.6. The molecule has 1 aromatic rings. The van der Waals surface area contributed by atoms with Gasteiger partial charge in [-0.3, -0.25) is 10.1 Å². The minimum atomic E-state index is -3.27. The van der Waals surface area contributed by atoms with Gasteiger partial charge in [0.05, 0.1) is 21.5 Å². The van der Waals surface area contributed by atoms with Gasteiger partial charge in [-0.2, -0.15) is 5.26 Å². The first-order chi connectivity index (χ1) is 12.8. The molecule has 0 radical (unpaired) electrons. The van der Waals surface area contributed by atoms with E-state index in [0.29, 0.717) is 23.4 Å². The molecule has 1 N–H and O–H groups in total. The number of hydrogen-bond donors (Lipinski definition) is 1. The zero-order chi connectivity index (χ0) is 19.6. The van der Waals surface area contributed by atoms with Crippen molar-refractivity contribution in [3.05, 3.63) is 22.7 Å². The third kappa shape index (κ3) is 4.62. The topological polar surface area (TPSA) is 99.5 Å². The molecule has 3 rings (SSSR count). The maximum Gasteiger partial charge on any atom is 0.240 e. The molecule has 2 fully saturated rings. The summed E-state index contributed by atoms with van der Waals surface area (Å²) in [5.41, 5.74) is 0. The third-order valence-corrected chi connectivity index (χ3v) is 6.73. The first-order valence-electron chi connectivity index (χ1n) is 8.88. The van der Waals surface area contributed by atoms with E-state index < -0.39 is 9.84 Å². The van der Waals surface area contributed by atoms with E-state index in [1.165, 1.54) is 12.1 Å². The molecule has 0 saturated carbocycles. The molecule has 3 atom stereocenters. The number of carbonyl (C=O) groups is 1. The molecule has 2 saturated heterocycles. The zero-order valence-electron chi connectivity index (χ0n) is 15.0. The Balaban J connectivity index is 1.55. The Bertz CT molecular complexity index is 868. The van der Waals surface area contributed by atoms with E-state index in [-0.39, 0.29) is 28.9 Å². The molecule has 0 aliphatic carbocycles. The predicted molar refractivity (Wildman–Crippen MR) is 103 cm³/mol. The van der Waals surface area contributed by atoms with Gasteiger partial charge in [-0.05, 0) is 59.8 Å². The van der Waals surface area contributed by atoms with Crippen LogP contribution in [0.3, 0.4) is 0 Å². The monoisotopic (exact) mass is 455 g/mol. The van der Waals surface area contributed by atoms with E-state index in [1.54, 1.807) is 11.0 Å². The molecule has 27 heavy (non-hydrogen) atoms. The molecular formula is C18H22BrN3O4S. The smallest absolute Gasteiger partial charge is 0.240 e. The number of sulfone groups is 1. The molecule has 0 aromatic heterocycles. The van der Waals surface area contributed by atoms with Crippen molar-refractivity contribution in [3.8, 4) is 11.8 Å². The van der Waals surface area contributed by atoms with Crippen LogP contribution in [-0.2, 0) is 14.6 Å². The number of benzene rings is 1. The minimum absolute atomic E-state index is 0.000218. The van der Waals surface area contributed by atoms with Crippen LogP contribution < -0.4 is 10.1 Å². The van der Waals surface area contributed by atoms with Gasteiger partial charge < -0.3 is 9.64 Å². The number of ether oxygens (including phenoxy) is 1. The number of hydrogen-bond acceptors (Lipinski definition) is 6.